The molecular formula is C18H25NO5. The summed E-state index contributed by atoms with van der Waals surface area (Å²) in [5.74, 6) is -0.817. The van der Waals surface area contributed by atoms with Crippen LogP contribution in [0.5, 0.6) is 5.75 Å². The summed E-state index contributed by atoms with van der Waals surface area (Å²) in [6.07, 6.45) is 0.0721. The minimum Gasteiger partial charge on any atom is -0.484 e. The van der Waals surface area contributed by atoms with Crippen molar-refractivity contribution in [3.63, 3.8) is 0 Å². The Hall–Kier alpha value is -2.08. The molecule has 2 N–H and O–H groups in total. The van der Waals surface area contributed by atoms with Crippen molar-refractivity contribution >= 4 is 11.9 Å². The van der Waals surface area contributed by atoms with Crippen LogP contribution < -0.4 is 4.74 Å². The predicted molar refractivity (Wildman–Crippen MR) is 89.0 cm³/mol. The van der Waals surface area contributed by atoms with Crippen LogP contribution >= 0.6 is 0 Å². The largest absolute Gasteiger partial charge is 0.484 e. The van der Waals surface area contributed by atoms with E-state index in [0.29, 0.717) is 5.75 Å². The van der Waals surface area contributed by atoms with Gasteiger partial charge in [-0.3, -0.25) is 4.79 Å². The van der Waals surface area contributed by atoms with Gasteiger partial charge in [0.1, 0.15) is 5.75 Å². The van der Waals surface area contributed by atoms with E-state index >= 15 is 0 Å². The van der Waals surface area contributed by atoms with Crippen LogP contribution in [0.2, 0.25) is 0 Å². The molecule has 0 aromatic heterocycles. The maximum atomic E-state index is 12.2. The van der Waals surface area contributed by atoms with Crippen LogP contribution in [-0.4, -0.2) is 52.3 Å². The Balaban J connectivity index is 1.85. The summed E-state index contributed by atoms with van der Waals surface area (Å²) < 4.78 is 5.52. The molecule has 0 bridgehead atoms. The lowest BCUT2D eigenvalue weighted by molar-refractivity contribution is -0.165. The topological polar surface area (TPSA) is 87.1 Å². The van der Waals surface area contributed by atoms with Crippen LogP contribution in [0.3, 0.4) is 0 Å². The van der Waals surface area contributed by atoms with E-state index in [1.807, 2.05) is 24.3 Å². The number of carboxylic acids is 1. The normalized spacial score (nSPS) is 17.4. The fourth-order valence-electron chi connectivity index (χ4n) is 2.63. The minimum atomic E-state index is -1.72. The van der Waals surface area contributed by atoms with Crippen molar-refractivity contribution < 1.29 is 24.5 Å². The summed E-state index contributed by atoms with van der Waals surface area (Å²) in [6.45, 7) is 6.71. The van der Waals surface area contributed by atoms with Crippen molar-refractivity contribution in [3.05, 3.63) is 29.8 Å². The molecule has 1 aliphatic rings. The van der Waals surface area contributed by atoms with Crippen LogP contribution in [0.4, 0.5) is 0 Å². The highest BCUT2D eigenvalue weighted by molar-refractivity contribution is 5.80. The zero-order valence-corrected chi connectivity index (χ0v) is 14.4. The summed E-state index contributed by atoms with van der Waals surface area (Å²) in [4.78, 5) is 24.7. The second kappa shape index (κ2) is 6.81. The number of rotatable bonds is 4. The third kappa shape index (κ3) is 4.26. The van der Waals surface area contributed by atoms with Gasteiger partial charge in [0.25, 0.3) is 5.91 Å². The van der Waals surface area contributed by atoms with Gasteiger partial charge in [-0.25, -0.2) is 4.79 Å². The van der Waals surface area contributed by atoms with Crippen LogP contribution in [0.15, 0.2) is 24.3 Å². The van der Waals surface area contributed by atoms with E-state index in [-0.39, 0.29) is 43.9 Å². The lowest BCUT2D eigenvalue weighted by atomic mass is 9.87. The average molecular weight is 335 g/mol. The number of hydrogen-bond donors (Lipinski definition) is 2. The molecule has 24 heavy (non-hydrogen) atoms. The molecule has 1 aliphatic heterocycles. The number of piperidine rings is 1. The number of carboxylic acid groups (broad SMARTS) is 1. The lowest BCUT2D eigenvalue weighted by Crippen LogP contribution is -2.51. The van der Waals surface area contributed by atoms with Gasteiger partial charge in [-0.15, -0.1) is 0 Å². The quantitative estimate of drug-likeness (QED) is 0.876. The van der Waals surface area contributed by atoms with E-state index in [0.717, 1.165) is 0 Å². The van der Waals surface area contributed by atoms with Gasteiger partial charge >= 0.3 is 5.97 Å². The molecule has 132 valence electrons. The third-order valence-electron chi connectivity index (χ3n) is 4.42. The van der Waals surface area contributed by atoms with Gasteiger partial charge in [0, 0.05) is 25.9 Å². The zero-order chi connectivity index (χ0) is 18.0. The fourth-order valence-corrected chi connectivity index (χ4v) is 2.63. The van der Waals surface area contributed by atoms with Crippen LogP contribution in [0.25, 0.3) is 0 Å². The number of hydrogen-bond acceptors (Lipinski definition) is 4. The van der Waals surface area contributed by atoms with Crippen molar-refractivity contribution in [2.75, 3.05) is 19.7 Å². The molecule has 1 amide bonds. The van der Waals surface area contributed by atoms with Gasteiger partial charge in [0.15, 0.2) is 12.2 Å². The maximum absolute atomic E-state index is 12.2. The first-order valence-electron chi connectivity index (χ1n) is 8.09. The maximum Gasteiger partial charge on any atom is 0.335 e. The first kappa shape index (κ1) is 18.3. The fraction of sp³-hybridized carbons (Fsp3) is 0.556. The van der Waals surface area contributed by atoms with Crippen molar-refractivity contribution in [1.29, 1.82) is 0 Å². The molecule has 6 nitrogen and oxygen atoms in total. The van der Waals surface area contributed by atoms with E-state index in [1.165, 1.54) is 10.5 Å². The van der Waals surface area contributed by atoms with Gasteiger partial charge < -0.3 is 19.8 Å². The van der Waals surface area contributed by atoms with Crippen LogP contribution in [0, 0.1) is 0 Å². The minimum absolute atomic E-state index is 0.0361. The number of carbonyl (C=O) groups is 2. The summed E-state index contributed by atoms with van der Waals surface area (Å²) in [6, 6.07) is 7.64. The number of likely N-dealkylation sites (tertiary alicyclic amines) is 1. The van der Waals surface area contributed by atoms with E-state index in [2.05, 4.69) is 20.8 Å². The first-order chi connectivity index (χ1) is 11.1. The summed E-state index contributed by atoms with van der Waals surface area (Å²) >= 11 is 0. The molecule has 6 heteroatoms. The lowest BCUT2D eigenvalue weighted by Gasteiger charge is -2.35. The Morgan fingerprint density at radius 3 is 2.17 bits per heavy atom. The SMILES string of the molecule is CC(C)(C)c1ccc(OCC(=O)N2CCC(O)(C(=O)O)CC2)cc1. The molecule has 1 saturated heterocycles. The number of carbonyl (C=O) groups excluding carboxylic acids is 1. The standard InChI is InChI=1S/C18H25NO5/c1-17(2,3)13-4-6-14(7-5-13)24-12-15(20)19-10-8-18(23,9-11-19)16(21)22/h4-7,23H,8-12H2,1-3H3,(H,21,22). The highest BCUT2D eigenvalue weighted by Gasteiger charge is 2.40. The summed E-state index contributed by atoms with van der Waals surface area (Å²) in [7, 11) is 0. The Morgan fingerprint density at radius 2 is 1.71 bits per heavy atom. The van der Waals surface area contributed by atoms with Gasteiger partial charge in [0.2, 0.25) is 0 Å². The number of aliphatic hydroxyl groups is 1. The molecule has 0 unspecified atom stereocenters. The van der Waals surface area contributed by atoms with Crippen molar-refractivity contribution in [2.45, 2.75) is 44.6 Å². The Morgan fingerprint density at radius 1 is 1.17 bits per heavy atom. The van der Waals surface area contributed by atoms with Crippen molar-refractivity contribution in [1.82, 2.24) is 4.90 Å². The van der Waals surface area contributed by atoms with Gasteiger partial charge in [-0.2, -0.15) is 0 Å². The Kier molecular flexibility index (Phi) is 5.18. The Labute approximate surface area is 142 Å². The molecule has 1 heterocycles. The van der Waals surface area contributed by atoms with Crippen LogP contribution in [-0.2, 0) is 15.0 Å². The van der Waals surface area contributed by atoms with Gasteiger partial charge in [-0.05, 0) is 23.1 Å². The average Bonchev–Trinajstić information content (AvgIpc) is 2.52. The number of amides is 1. The molecule has 1 fully saturated rings. The molecule has 1 aromatic rings. The third-order valence-corrected chi connectivity index (χ3v) is 4.42. The molecule has 2 rings (SSSR count). The summed E-state index contributed by atoms with van der Waals surface area (Å²) in [5.41, 5.74) is -0.478. The number of benzene rings is 1. The van der Waals surface area contributed by atoms with E-state index in [1.54, 1.807) is 0 Å². The summed E-state index contributed by atoms with van der Waals surface area (Å²) in [5, 5.41) is 18.9. The molecule has 0 radical (unpaired) electrons. The van der Waals surface area contributed by atoms with Gasteiger partial charge in [-0.1, -0.05) is 32.9 Å². The van der Waals surface area contributed by atoms with E-state index in [4.69, 9.17) is 9.84 Å². The second-order valence-corrected chi connectivity index (χ2v) is 7.28. The van der Waals surface area contributed by atoms with E-state index in [9.17, 15) is 14.7 Å². The van der Waals surface area contributed by atoms with Crippen molar-refractivity contribution in [2.24, 2.45) is 0 Å². The van der Waals surface area contributed by atoms with Crippen LogP contribution in [0.1, 0.15) is 39.2 Å². The van der Waals surface area contributed by atoms with Gasteiger partial charge in [0.05, 0.1) is 0 Å². The number of aliphatic carboxylic acids is 1. The smallest absolute Gasteiger partial charge is 0.335 e. The monoisotopic (exact) mass is 335 g/mol. The molecule has 0 saturated carbocycles. The van der Waals surface area contributed by atoms with E-state index < -0.39 is 11.6 Å². The number of nitrogens with zero attached hydrogens (tertiary/aromatic N) is 1. The number of ether oxygens (including phenoxy) is 1. The van der Waals surface area contributed by atoms with Crippen molar-refractivity contribution in [3.8, 4) is 5.75 Å². The highest BCUT2D eigenvalue weighted by atomic mass is 16.5. The highest BCUT2D eigenvalue weighted by Crippen LogP contribution is 2.25. The second-order valence-electron chi connectivity index (χ2n) is 7.28. The molecule has 0 aliphatic carbocycles. The molecule has 0 spiro atoms. The predicted octanol–water partition coefficient (Wildman–Crippen LogP) is 1.80. The zero-order valence-electron chi connectivity index (χ0n) is 14.4. The molecule has 1 aromatic carbocycles. The first-order valence-corrected chi connectivity index (χ1v) is 8.09. The Bertz CT molecular complexity index is 595. The molecular weight excluding hydrogens is 310 g/mol. The molecule has 0 atom stereocenters.